The summed E-state index contributed by atoms with van der Waals surface area (Å²) in [6.45, 7) is 4.29. The van der Waals surface area contributed by atoms with E-state index in [-0.39, 0.29) is 0 Å². The van der Waals surface area contributed by atoms with E-state index in [2.05, 4.69) is 57.2 Å². The minimum Gasteiger partial charge on any atom is -0.363 e. The lowest BCUT2D eigenvalue weighted by molar-refractivity contribution is -0.0979. The highest BCUT2D eigenvalue weighted by Gasteiger charge is 2.70. The number of benzene rings is 2. The van der Waals surface area contributed by atoms with Gasteiger partial charge in [-0.3, -0.25) is 4.57 Å². The molecule has 2 unspecified atom stereocenters. The first-order valence-corrected chi connectivity index (χ1v) is 8.69. The van der Waals surface area contributed by atoms with Gasteiger partial charge in [-0.2, -0.15) is 0 Å². The Labute approximate surface area is 146 Å². The largest absolute Gasteiger partial charge is 0.363 e. The standard InChI is InChI=1S/C19H18N4.CH2O/c1-2-5-14(6-3-1)23-12-20-18-15(7-4-8-16(18)23)22-11-13-9-19(13)17(22)10-21-19;1-2/h1-8,12-13,17,21H,9-11H2;1H2/t13?,17-,19?;/m1./s1. The van der Waals surface area contributed by atoms with Gasteiger partial charge >= 0.3 is 0 Å². The number of nitrogens with zero attached hydrogens (tertiary/aromatic N) is 3. The molecule has 5 heteroatoms. The SMILES string of the molecule is C=O.c1ccc(-n2cnc3c(N4CC5CC56NC[C@@H]46)cccc32)cc1. The van der Waals surface area contributed by atoms with E-state index in [1.165, 1.54) is 29.9 Å². The van der Waals surface area contributed by atoms with E-state index in [1.54, 1.807) is 0 Å². The molecule has 3 aromatic rings. The average molecular weight is 332 g/mol. The van der Waals surface area contributed by atoms with Crippen LogP contribution in [0.1, 0.15) is 6.42 Å². The fourth-order valence-electron chi connectivity index (χ4n) is 4.73. The van der Waals surface area contributed by atoms with Crippen LogP contribution in [0.25, 0.3) is 16.7 Å². The van der Waals surface area contributed by atoms with Crippen molar-refractivity contribution in [3.8, 4) is 5.69 Å². The van der Waals surface area contributed by atoms with Crippen molar-refractivity contribution in [2.75, 3.05) is 18.0 Å². The third-order valence-corrected chi connectivity index (χ3v) is 6.06. The molecule has 1 aromatic heterocycles. The predicted molar refractivity (Wildman–Crippen MR) is 98.2 cm³/mol. The van der Waals surface area contributed by atoms with Crippen molar-refractivity contribution in [2.45, 2.75) is 18.0 Å². The van der Waals surface area contributed by atoms with Gasteiger partial charge in [-0.25, -0.2) is 4.98 Å². The molecule has 2 aromatic carbocycles. The van der Waals surface area contributed by atoms with Crippen molar-refractivity contribution in [2.24, 2.45) is 5.92 Å². The Morgan fingerprint density at radius 1 is 1.12 bits per heavy atom. The lowest BCUT2D eigenvalue weighted by Gasteiger charge is -2.42. The number of rotatable bonds is 2. The van der Waals surface area contributed by atoms with E-state index in [0.717, 1.165) is 18.0 Å². The van der Waals surface area contributed by atoms with E-state index in [4.69, 9.17) is 9.78 Å². The molecule has 5 nitrogen and oxygen atoms in total. The molecular formula is C20H20N4O. The molecule has 2 aliphatic heterocycles. The third-order valence-electron chi connectivity index (χ3n) is 6.06. The molecule has 126 valence electrons. The fourth-order valence-corrected chi connectivity index (χ4v) is 4.73. The van der Waals surface area contributed by atoms with Crippen LogP contribution in [0.15, 0.2) is 54.9 Å². The molecule has 6 rings (SSSR count). The summed E-state index contributed by atoms with van der Waals surface area (Å²) in [7, 11) is 0. The van der Waals surface area contributed by atoms with Crippen molar-refractivity contribution in [1.29, 1.82) is 0 Å². The predicted octanol–water partition coefficient (Wildman–Crippen LogP) is 2.39. The molecule has 3 heterocycles. The quantitative estimate of drug-likeness (QED) is 0.783. The van der Waals surface area contributed by atoms with Crippen LogP contribution in [0.2, 0.25) is 0 Å². The van der Waals surface area contributed by atoms with Crippen LogP contribution in [0, 0.1) is 5.92 Å². The minimum absolute atomic E-state index is 0.449. The first kappa shape index (κ1) is 14.7. The normalized spacial score (nSPS) is 28.6. The molecule has 3 atom stereocenters. The molecule has 1 spiro atoms. The number of aromatic nitrogens is 2. The molecule has 1 saturated carbocycles. The van der Waals surface area contributed by atoms with Gasteiger partial charge in [0.2, 0.25) is 0 Å². The van der Waals surface area contributed by atoms with Crippen LogP contribution in [0.5, 0.6) is 0 Å². The zero-order valence-electron chi connectivity index (χ0n) is 13.9. The van der Waals surface area contributed by atoms with E-state index < -0.39 is 0 Å². The smallest absolute Gasteiger partial charge is 0.112 e. The summed E-state index contributed by atoms with van der Waals surface area (Å²) >= 11 is 0. The number of carbonyl (C=O) groups excluding carboxylic acids is 1. The Morgan fingerprint density at radius 3 is 2.68 bits per heavy atom. The highest BCUT2D eigenvalue weighted by Crippen LogP contribution is 2.58. The lowest BCUT2D eigenvalue weighted by Crippen LogP contribution is -2.64. The number of anilines is 1. The molecule has 25 heavy (non-hydrogen) atoms. The number of piperidine rings is 1. The maximum atomic E-state index is 8.00. The molecule has 2 saturated heterocycles. The van der Waals surface area contributed by atoms with E-state index in [9.17, 15) is 0 Å². The highest BCUT2D eigenvalue weighted by molar-refractivity contribution is 5.90. The van der Waals surface area contributed by atoms with Crippen LogP contribution < -0.4 is 10.2 Å². The third kappa shape index (κ3) is 1.87. The van der Waals surface area contributed by atoms with Gasteiger partial charge < -0.3 is 15.0 Å². The summed E-state index contributed by atoms with van der Waals surface area (Å²) in [6.07, 6.45) is 3.32. The van der Waals surface area contributed by atoms with Crippen LogP contribution in [-0.2, 0) is 4.79 Å². The Kier molecular flexibility index (Phi) is 3.03. The Morgan fingerprint density at radius 2 is 1.96 bits per heavy atom. The van der Waals surface area contributed by atoms with Crippen molar-refractivity contribution in [3.63, 3.8) is 0 Å². The first-order chi connectivity index (χ1) is 12.4. The van der Waals surface area contributed by atoms with Crippen molar-refractivity contribution in [3.05, 3.63) is 54.9 Å². The molecule has 3 aliphatic rings. The highest BCUT2D eigenvalue weighted by atomic mass is 16.1. The summed E-state index contributed by atoms with van der Waals surface area (Å²) < 4.78 is 2.18. The zero-order valence-corrected chi connectivity index (χ0v) is 13.9. The summed E-state index contributed by atoms with van der Waals surface area (Å²) in [5.41, 5.74) is 5.23. The van der Waals surface area contributed by atoms with Crippen molar-refractivity contribution in [1.82, 2.24) is 14.9 Å². The Bertz CT molecular complexity index is 933. The van der Waals surface area contributed by atoms with Gasteiger partial charge in [-0.05, 0) is 36.6 Å². The van der Waals surface area contributed by atoms with Gasteiger partial charge in [-0.15, -0.1) is 0 Å². The molecule has 3 fully saturated rings. The number of hydrogen-bond acceptors (Lipinski definition) is 4. The topological polar surface area (TPSA) is 50.2 Å². The molecule has 0 radical (unpaired) electrons. The van der Waals surface area contributed by atoms with Gasteiger partial charge in [0.25, 0.3) is 0 Å². The second kappa shape index (κ2) is 5.17. The van der Waals surface area contributed by atoms with Crippen LogP contribution in [0.4, 0.5) is 5.69 Å². The number of hydrogen-bond donors (Lipinski definition) is 1. The van der Waals surface area contributed by atoms with Crippen LogP contribution in [0.3, 0.4) is 0 Å². The number of para-hydroxylation sites is 2. The van der Waals surface area contributed by atoms with E-state index >= 15 is 0 Å². The fraction of sp³-hybridized carbons (Fsp3) is 0.300. The first-order valence-electron chi connectivity index (χ1n) is 8.69. The zero-order chi connectivity index (χ0) is 17.0. The minimum atomic E-state index is 0.449. The average Bonchev–Trinajstić information content (AvgIpc) is 3.17. The van der Waals surface area contributed by atoms with Crippen molar-refractivity contribution < 1.29 is 4.79 Å². The van der Waals surface area contributed by atoms with Gasteiger partial charge in [-0.1, -0.05) is 24.3 Å². The number of nitrogens with one attached hydrogen (secondary N) is 1. The summed E-state index contributed by atoms with van der Waals surface area (Å²) in [5, 5.41) is 3.67. The molecule has 0 amide bonds. The maximum Gasteiger partial charge on any atom is 0.112 e. The van der Waals surface area contributed by atoms with Crippen LogP contribution in [-0.4, -0.2) is 41.0 Å². The second-order valence-corrected chi connectivity index (χ2v) is 7.09. The lowest BCUT2D eigenvalue weighted by atomic mass is 9.97. The van der Waals surface area contributed by atoms with Crippen molar-refractivity contribution >= 4 is 23.5 Å². The Balaban J connectivity index is 0.000000679. The monoisotopic (exact) mass is 332 g/mol. The summed E-state index contributed by atoms with van der Waals surface area (Å²) in [4.78, 5) is 15.4. The van der Waals surface area contributed by atoms with E-state index in [0.29, 0.717) is 11.6 Å². The molecule has 1 aliphatic carbocycles. The summed E-state index contributed by atoms with van der Waals surface area (Å²) in [6, 6.07) is 17.7. The van der Waals surface area contributed by atoms with Gasteiger partial charge in [0.15, 0.2) is 0 Å². The van der Waals surface area contributed by atoms with E-state index in [1.807, 2.05) is 19.2 Å². The molecule has 0 bridgehead atoms. The summed E-state index contributed by atoms with van der Waals surface area (Å²) in [5.74, 6) is 0.840. The second-order valence-electron chi connectivity index (χ2n) is 7.09. The number of imidazole rings is 1. The molecular weight excluding hydrogens is 312 g/mol. The van der Waals surface area contributed by atoms with Gasteiger partial charge in [0, 0.05) is 24.3 Å². The van der Waals surface area contributed by atoms with Crippen LogP contribution >= 0.6 is 0 Å². The molecule has 1 N–H and O–H groups in total. The van der Waals surface area contributed by atoms with Gasteiger partial charge in [0.05, 0.1) is 17.2 Å². The number of carbonyl (C=O) groups is 1. The maximum absolute atomic E-state index is 8.00. The number of fused-ring (bicyclic) bond motifs is 1. The Hall–Kier alpha value is -2.66. The van der Waals surface area contributed by atoms with Gasteiger partial charge in [0.1, 0.15) is 18.6 Å².